The fraction of sp³-hybridized carbons (Fsp3) is 0.512. The Bertz CT molecular complexity index is 1990. The van der Waals surface area contributed by atoms with Gasteiger partial charge in [0.05, 0.1) is 24.6 Å². The Morgan fingerprint density at radius 1 is 0.791 bits per heavy atom. The van der Waals surface area contributed by atoms with Gasteiger partial charge in [-0.15, -0.1) is 11.6 Å². The van der Waals surface area contributed by atoms with E-state index < -0.39 is 108 Å². The molecular formula is C43H67FeN15O8. The first-order valence-corrected chi connectivity index (χ1v) is 21.9. The Labute approximate surface area is 400 Å². The maximum Gasteiger partial charge on any atom is 2.00 e. The predicted octanol–water partition coefficient (Wildman–Crippen LogP) is -2.66. The summed E-state index contributed by atoms with van der Waals surface area (Å²) in [7, 11) is 0. The number of nitrogens with two attached hydrogens (primary N) is 6. The van der Waals surface area contributed by atoms with Gasteiger partial charge in [0.1, 0.15) is 30.2 Å². The van der Waals surface area contributed by atoms with Crippen molar-refractivity contribution in [3.05, 3.63) is 66.5 Å². The Kier molecular flexibility index (Phi) is 23.6. The molecule has 0 spiro atoms. The fourth-order valence-corrected chi connectivity index (χ4v) is 7.18. The number of likely N-dealkylation sites (tertiary alicyclic amines) is 1. The molecule has 0 radical (unpaired) electrons. The number of hydrogen-bond acceptors (Lipinski definition) is 13. The minimum Gasteiger partial charge on any atom is -0.370 e. The van der Waals surface area contributed by atoms with Gasteiger partial charge in [-0.3, -0.25) is 48.4 Å². The van der Waals surface area contributed by atoms with Crippen LogP contribution in [0.4, 0.5) is 5.69 Å². The molecule has 0 saturated carbocycles. The summed E-state index contributed by atoms with van der Waals surface area (Å²) in [6.07, 6.45) is 1.86. The van der Waals surface area contributed by atoms with E-state index in [1.807, 2.05) is 60.8 Å². The number of nitrogens with one attached hydrogen (secondary N) is 6. The average Bonchev–Trinajstić information content (AvgIpc) is 4.12. The van der Waals surface area contributed by atoms with Crippen LogP contribution < -0.4 is 71.6 Å². The predicted molar refractivity (Wildman–Crippen MR) is 246 cm³/mol. The van der Waals surface area contributed by atoms with Gasteiger partial charge in [0.2, 0.25) is 47.3 Å². The van der Waals surface area contributed by atoms with Crippen LogP contribution in [-0.2, 0) is 55.4 Å². The molecule has 24 heteroatoms. The first-order valence-electron chi connectivity index (χ1n) is 21.9. The Hall–Kier alpha value is -6.49. The van der Waals surface area contributed by atoms with Crippen LogP contribution in [0.25, 0.3) is 0 Å². The molecule has 370 valence electrons. The molecule has 4 rings (SSSR count). The van der Waals surface area contributed by atoms with Crippen LogP contribution in [0, 0.1) is 17.8 Å². The standard InChI is InChI=1S/C38H62N15O8.C5H5.Fe/c1-5-19(3)30(48-33(57)23(39)12-9-13-45-38(43)44)36(60)47-24(15-28(40)54)34(58)46-25(16-29(41)55)35(59)49-31(20(4)6-2)37(61)52-17-21(14-27(52)32(42)56)26-18-53(51-50-26)22-10-7-8-11-22;1-2-4-5-3-1;/h7-8,10-11,18-21,23-25,27,30-31,50-51H,5-6,9,12-17,39H2,1-4H3,(H2,40,54)(H2,41,55)(H2,42,56)(H,46,58)(H,47,60)(H,48,57)(H,49,59)(H4,43,44,45);1-5H;/q2*-1;+2/t19-,20-,21?,23-,24-,25-,27-,30-,31-;;/m0../s1. The monoisotopic (exact) mass is 977 g/mol. The fourth-order valence-electron chi connectivity index (χ4n) is 7.18. The molecule has 2 heterocycles. The molecule has 0 aromatic heterocycles. The van der Waals surface area contributed by atoms with E-state index in [9.17, 15) is 38.4 Å². The van der Waals surface area contributed by atoms with E-state index in [0.29, 0.717) is 25.0 Å². The summed E-state index contributed by atoms with van der Waals surface area (Å²) in [5, 5.41) is 11.8. The van der Waals surface area contributed by atoms with E-state index in [-0.39, 0.29) is 54.9 Å². The van der Waals surface area contributed by atoms with Crippen molar-refractivity contribution in [1.82, 2.24) is 37.1 Å². The third-order valence-electron chi connectivity index (χ3n) is 11.4. The summed E-state index contributed by atoms with van der Waals surface area (Å²) in [5.41, 5.74) is 41.0. The molecule has 2 aliphatic rings. The van der Waals surface area contributed by atoms with Gasteiger partial charge < -0.3 is 66.0 Å². The topological polar surface area (TPSA) is 384 Å². The molecule has 1 unspecified atom stereocenters. The Morgan fingerprint density at radius 2 is 1.36 bits per heavy atom. The van der Waals surface area contributed by atoms with Gasteiger partial charge in [-0.2, -0.15) is 30.3 Å². The zero-order chi connectivity index (χ0) is 49.1. The largest absolute Gasteiger partial charge is 2.00 e. The maximum absolute atomic E-state index is 14.3. The van der Waals surface area contributed by atoms with Crippen molar-refractivity contribution in [3.63, 3.8) is 0 Å². The number of hydrogen-bond donors (Lipinski definition) is 12. The van der Waals surface area contributed by atoms with Crippen molar-refractivity contribution in [2.75, 3.05) is 18.1 Å². The molecule has 8 amide bonds. The second kappa shape index (κ2) is 27.9. The van der Waals surface area contributed by atoms with Crippen LogP contribution in [0.5, 0.6) is 0 Å². The maximum atomic E-state index is 14.3. The average molecular weight is 978 g/mol. The summed E-state index contributed by atoms with van der Waals surface area (Å²) in [6, 6.07) is 9.60. The molecule has 18 N–H and O–H groups in total. The number of aliphatic imine (C=N–C) groups is 1. The van der Waals surface area contributed by atoms with Gasteiger partial charge >= 0.3 is 17.1 Å². The van der Waals surface area contributed by atoms with Crippen molar-refractivity contribution in [1.29, 1.82) is 0 Å². The minimum atomic E-state index is -1.70. The van der Waals surface area contributed by atoms with Crippen molar-refractivity contribution in [2.45, 2.75) is 109 Å². The second-order valence-electron chi connectivity index (χ2n) is 16.4. The van der Waals surface area contributed by atoms with E-state index >= 15 is 0 Å². The molecule has 0 aliphatic carbocycles. The summed E-state index contributed by atoms with van der Waals surface area (Å²) in [5.74, 6) is -8.45. The molecule has 0 bridgehead atoms. The van der Waals surface area contributed by atoms with Gasteiger partial charge in [-0.25, -0.2) is 18.2 Å². The number of amides is 8. The van der Waals surface area contributed by atoms with Crippen LogP contribution >= 0.6 is 0 Å². The van der Waals surface area contributed by atoms with Crippen molar-refractivity contribution in [2.24, 2.45) is 57.1 Å². The first-order chi connectivity index (χ1) is 31.3. The van der Waals surface area contributed by atoms with Gasteiger partial charge in [-0.05, 0) is 31.1 Å². The zero-order valence-electron chi connectivity index (χ0n) is 38.3. The molecule has 67 heavy (non-hydrogen) atoms. The quantitative estimate of drug-likeness (QED) is 0.0168. The summed E-state index contributed by atoms with van der Waals surface area (Å²) < 4.78 is 0. The van der Waals surface area contributed by atoms with Crippen molar-refractivity contribution >= 4 is 58.9 Å². The van der Waals surface area contributed by atoms with Crippen LogP contribution in [0.15, 0.2) is 71.5 Å². The second-order valence-corrected chi connectivity index (χ2v) is 16.4. The Balaban J connectivity index is 0.00000240. The third-order valence-corrected chi connectivity index (χ3v) is 11.4. The molecule has 1 saturated heterocycles. The SMILES string of the molecule is CC[C@H](C)[C@H](NC(=O)[C@@H](N)CCCN=C(N)N)C(=O)N[C@@H](CC(N)=O)C(=O)N[C@@H](CC(N)=O)C(=O)N[C@H](C(=O)N1CC(C2=CN(c3ccc[cH-]3)NN2)C[C@H]1C(N)=O)[C@@H](C)CC.[Fe+2].c1cc[cH-]c1. The third kappa shape index (κ3) is 17.7. The number of anilines is 1. The van der Waals surface area contributed by atoms with E-state index in [4.69, 9.17) is 34.4 Å². The van der Waals surface area contributed by atoms with Crippen LogP contribution in [0.2, 0.25) is 0 Å². The van der Waals surface area contributed by atoms with E-state index in [2.05, 4.69) is 37.2 Å². The summed E-state index contributed by atoms with van der Waals surface area (Å²) >= 11 is 0. The first kappa shape index (κ1) is 56.6. The minimum absolute atomic E-state index is 0. The molecule has 2 aromatic carbocycles. The number of hydrazine groups is 2. The summed E-state index contributed by atoms with van der Waals surface area (Å²) in [4.78, 5) is 111. The van der Waals surface area contributed by atoms with E-state index in [0.717, 1.165) is 5.69 Å². The molecule has 2 aliphatic heterocycles. The van der Waals surface area contributed by atoms with Crippen LogP contribution in [0.1, 0.15) is 72.6 Å². The number of carbonyl (C=O) groups excluding carboxylic acids is 8. The van der Waals surface area contributed by atoms with Crippen LogP contribution in [0.3, 0.4) is 0 Å². The van der Waals surface area contributed by atoms with Gasteiger partial charge in [0, 0.05) is 25.2 Å². The molecular weight excluding hydrogens is 910 g/mol. The molecule has 2 aromatic rings. The molecule has 9 atom stereocenters. The van der Waals surface area contributed by atoms with Crippen LogP contribution in [-0.4, -0.2) is 107 Å². The zero-order valence-corrected chi connectivity index (χ0v) is 39.4. The van der Waals surface area contributed by atoms with E-state index in [1.54, 1.807) is 32.7 Å². The smallest absolute Gasteiger partial charge is 0.370 e. The number of nitrogens with zero attached hydrogens (tertiary/aromatic N) is 3. The van der Waals surface area contributed by atoms with Gasteiger partial charge in [-0.1, -0.05) is 46.2 Å². The van der Waals surface area contributed by atoms with Gasteiger partial charge in [0.15, 0.2) is 5.96 Å². The normalized spacial score (nSPS) is 18.3. The summed E-state index contributed by atoms with van der Waals surface area (Å²) in [6.45, 7) is 7.22. The number of rotatable bonds is 24. The Morgan fingerprint density at radius 3 is 1.87 bits per heavy atom. The van der Waals surface area contributed by atoms with Gasteiger partial charge in [0.25, 0.3) is 0 Å². The number of guanidine groups is 1. The van der Waals surface area contributed by atoms with Crippen molar-refractivity contribution < 1.29 is 55.4 Å². The van der Waals surface area contributed by atoms with E-state index in [1.165, 1.54) is 4.90 Å². The number of carbonyl (C=O) groups is 8. The molecule has 23 nitrogen and oxygen atoms in total. The van der Waals surface area contributed by atoms with Crippen molar-refractivity contribution in [3.8, 4) is 0 Å². The molecule has 1 fully saturated rings. The number of primary amides is 3.